The number of hydrogen-bond acceptors (Lipinski definition) is 3. The lowest BCUT2D eigenvalue weighted by atomic mass is 9.77. The number of carbonyl (C=O) groups excluding carboxylic acids is 3. The monoisotopic (exact) mass is 361 g/mol. The molecule has 26 heavy (non-hydrogen) atoms. The molecule has 0 aromatic rings. The van der Waals surface area contributed by atoms with Crippen LogP contribution < -0.4 is 5.32 Å². The minimum absolute atomic E-state index is 0.0497. The Kier molecular flexibility index (Phi) is 4.70. The third kappa shape index (κ3) is 3.01. The Morgan fingerprint density at radius 1 is 1.08 bits per heavy atom. The van der Waals surface area contributed by atoms with Gasteiger partial charge in [0.05, 0.1) is 0 Å². The molecular weight excluding hydrogens is 330 g/mol. The van der Waals surface area contributed by atoms with Gasteiger partial charge in [0.15, 0.2) is 0 Å². The highest BCUT2D eigenvalue weighted by Gasteiger charge is 2.52. The van der Waals surface area contributed by atoms with Crippen molar-refractivity contribution in [2.75, 3.05) is 13.1 Å². The highest BCUT2D eigenvalue weighted by atomic mass is 16.2. The summed E-state index contributed by atoms with van der Waals surface area (Å²) in [7, 11) is 0. The van der Waals surface area contributed by atoms with E-state index in [1.165, 1.54) is 30.6 Å². The van der Waals surface area contributed by atoms with E-state index in [9.17, 15) is 14.4 Å². The summed E-state index contributed by atoms with van der Waals surface area (Å²) in [4.78, 5) is 41.6. The summed E-state index contributed by atoms with van der Waals surface area (Å²) in [6.45, 7) is 2.86. The second-order valence-corrected chi connectivity index (χ2v) is 8.93. The van der Waals surface area contributed by atoms with Crippen molar-refractivity contribution in [1.29, 1.82) is 0 Å². The van der Waals surface area contributed by atoms with Gasteiger partial charge in [0.1, 0.15) is 12.1 Å². The molecule has 2 aliphatic carbocycles. The Morgan fingerprint density at radius 2 is 1.77 bits per heavy atom. The molecule has 2 heterocycles. The van der Waals surface area contributed by atoms with Crippen molar-refractivity contribution in [2.24, 2.45) is 11.8 Å². The zero-order chi connectivity index (χ0) is 18.3. The van der Waals surface area contributed by atoms with E-state index in [0.29, 0.717) is 30.7 Å². The van der Waals surface area contributed by atoms with Crippen LogP contribution in [0.25, 0.3) is 0 Å². The van der Waals surface area contributed by atoms with E-state index in [0.717, 1.165) is 32.2 Å². The maximum Gasteiger partial charge on any atom is 0.325 e. The van der Waals surface area contributed by atoms with Gasteiger partial charge in [-0.05, 0) is 63.2 Å². The number of likely N-dealkylation sites (tertiary alicyclic amines) is 1. The number of hydrogen-bond donors (Lipinski definition) is 1. The number of imide groups is 1. The Hall–Kier alpha value is -1.59. The number of carbonyl (C=O) groups is 3. The van der Waals surface area contributed by atoms with Gasteiger partial charge in [-0.25, -0.2) is 4.79 Å². The molecule has 4 fully saturated rings. The Labute approximate surface area is 155 Å². The summed E-state index contributed by atoms with van der Waals surface area (Å²) in [5.74, 6) is 0.972. The molecule has 2 atom stereocenters. The predicted molar refractivity (Wildman–Crippen MR) is 97.3 cm³/mol. The maximum absolute atomic E-state index is 13.0. The van der Waals surface area contributed by atoms with Crippen molar-refractivity contribution in [2.45, 2.75) is 82.7 Å². The smallest absolute Gasteiger partial charge is 0.325 e. The number of nitrogens with one attached hydrogen (secondary N) is 1. The van der Waals surface area contributed by atoms with Gasteiger partial charge in [0.2, 0.25) is 5.91 Å². The van der Waals surface area contributed by atoms with Crippen molar-refractivity contribution < 1.29 is 14.4 Å². The summed E-state index contributed by atoms with van der Waals surface area (Å²) in [6.07, 6.45) is 10.2. The maximum atomic E-state index is 13.0. The molecule has 2 saturated heterocycles. The van der Waals surface area contributed by atoms with Crippen LogP contribution in [-0.2, 0) is 9.59 Å². The van der Waals surface area contributed by atoms with E-state index < -0.39 is 5.54 Å². The second kappa shape index (κ2) is 6.86. The van der Waals surface area contributed by atoms with E-state index in [1.807, 2.05) is 4.90 Å². The molecule has 2 aliphatic heterocycles. The zero-order valence-corrected chi connectivity index (χ0v) is 15.8. The van der Waals surface area contributed by atoms with Crippen molar-refractivity contribution in [3.05, 3.63) is 0 Å². The number of rotatable bonds is 2. The average Bonchev–Trinajstić information content (AvgIpc) is 2.88. The molecule has 4 amide bonds. The van der Waals surface area contributed by atoms with Crippen molar-refractivity contribution in [1.82, 2.24) is 15.1 Å². The van der Waals surface area contributed by atoms with Gasteiger partial charge in [-0.15, -0.1) is 0 Å². The van der Waals surface area contributed by atoms with Gasteiger partial charge in [-0.3, -0.25) is 14.5 Å². The molecule has 1 spiro atoms. The quantitative estimate of drug-likeness (QED) is 0.769. The minimum Gasteiger partial charge on any atom is -0.338 e. The first-order valence-electron chi connectivity index (χ1n) is 10.4. The lowest BCUT2D eigenvalue weighted by Gasteiger charge is -2.44. The SMILES string of the molecule is CC1CCC2(CC1)NC(=O)N(CC(=O)N1CCC[C@H]3CCCC[C@@H]31)C2=O. The van der Waals surface area contributed by atoms with Crippen LogP contribution in [0.1, 0.15) is 71.1 Å². The van der Waals surface area contributed by atoms with Crippen molar-refractivity contribution in [3.8, 4) is 0 Å². The molecule has 0 aromatic carbocycles. The van der Waals surface area contributed by atoms with Crippen LogP contribution in [0.3, 0.4) is 0 Å². The predicted octanol–water partition coefficient (Wildman–Crippen LogP) is 2.67. The van der Waals surface area contributed by atoms with Crippen LogP contribution in [-0.4, -0.2) is 52.3 Å². The van der Waals surface area contributed by atoms with Crippen LogP contribution in [0.2, 0.25) is 0 Å². The molecule has 4 rings (SSSR count). The lowest BCUT2D eigenvalue weighted by molar-refractivity contribution is -0.143. The molecule has 0 aromatic heterocycles. The first kappa shape index (κ1) is 17.8. The molecular formula is C20H31N3O3. The summed E-state index contributed by atoms with van der Waals surface area (Å²) in [5.41, 5.74) is -0.751. The van der Waals surface area contributed by atoms with E-state index in [4.69, 9.17) is 0 Å². The van der Waals surface area contributed by atoms with Gasteiger partial charge < -0.3 is 10.2 Å². The fourth-order valence-electron chi connectivity index (χ4n) is 5.57. The third-order valence-corrected chi connectivity index (χ3v) is 7.23. The first-order chi connectivity index (χ1) is 12.5. The van der Waals surface area contributed by atoms with Crippen LogP contribution in [0.5, 0.6) is 0 Å². The molecule has 4 aliphatic rings. The zero-order valence-electron chi connectivity index (χ0n) is 15.8. The molecule has 0 bridgehead atoms. The highest BCUT2D eigenvalue weighted by molar-refractivity contribution is 6.09. The number of nitrogens with zero attached hydrogens (tertiary/aromatic N) is 2. The highest BCUT2D eigenvalue weighted by Crippen LogP contribution is 2.37. The van der Waals surface area contributed by atoms with Crippen molar-refractivity contribution >= 4 is 17.8 Å². The Morgan fingerprint density at radius 3 is 2.54 bits per heavy atom. The number of urea groups is 1. The average molecular weight is 361 g/mol. The third-order valence-electron chi connectivity index (χ3n) is 7.23. The fraction of sp³-hybridized carbons (Fsp3) is 0.850. The van der Waals surface area contributed by atoms with E-state index in [-0.39, 0.29) is 24.4 Å². The molecule has 0 radical (unpaired) electrons. The van der Waals surface area contributed by atoms with Gasteiger partial charge in [0, 0.05) is 12.6 Å². The normalized spacial score (nSPS) is 37.7. The summed E-state index contributed by atoms with van der Waals surface area (Å²) < 4.78 is 0. The molecule has 6 nitrogen and oxygen atoms in total. The van der Waals surface area contributed by atoms with Crippen LogP contribution in [0, 0.1) is 11.8 Å². The van der Waals surface area contributed by atoms with Crippen LogP contribution >= 0.6 is 0 Å². The van der Waals surface area contributed by atoms with Gasteiger partial charge in [-0.1, -0.05) is 19.8 Å². The molecule has 144 valence electrons. The number of amides is 4. The fourth-order valence-corrected chi connectivity index (χ4v) is 5.57. The first-order valence-corrected chi connectivity index (χ1v) is 10.4. The van der Waals surface area contributed by atoms with Gasteiger partial charge >= 0.3 is 6.03 Å². The second-order valence-electron chi connectivity index (χ2n) is 8.93. The Bertz CT molecular complexity index is 595. The van der Waals surface area contributed by atoms with Gasteiger partial charge in [-0.2, -0.15) is 0 Å². The van der Waals surface area contributed by atoms with Gasteiger partial charge in [0.25, 0.3) is 5.91 Å². The minimum atomic E-state index is -0.751. The molecule has 0 unspecified atom stereocenters. The largest absolute Gasteiger partial charge is 0.338 e. The van der Waals surface area contributed by atoms with E-state index >= 15 is 0 Å². The molecule has 6 heteroatoms. The molecule has 1 N–H and O–H groups in total. The van der Waals surface area contributed by atoms with Crippen LogP contribution in [0.4, 0.5) is 4.79 Å². The number of piperidine rings is 1. The van der Waals surface area contributed by atoms with E-state index in [2.05, 4.69) is 12.2 Å². The standard InChI is InChI=1S/C20H31N3O3/c1-14-8-10-20(11-9-14)18(25)23(19(26)21-20)13-17(24)22-12-4-6-15-5-2-3-7-16(15)22/h14-16H,2-13H2,1H3,(H,21,26)/t14?,15-,16+,20?/m1/s1. The Balaban J connectivity index is 1.44. The lowest BCUT2D eigenvalue weighted by Crippen LogP contribution is -2.53. The topological polar surface area (TPSA) is 69.7 Å². The molecule has 2 saturated carbocycles. The van der Waals surface area contributed by atoms with E-state index in [1.54, 1.807) is 0 Å². The van der Waals surface area contributed by atoms with Crippen LogP contribution in [0.15, 0.2) is 0 Å². The summed E-state index contributed by atoms with van der Waals surface area (Å²) in [6, 6.07) is -0.0645. The van der Waals surface area contributed by atoms with Crippen molar-refractivity contribution in [3.63, 3.8) is 0 Å². The number of fused-ring (bicyclic) bond motifs is 1. The summed E-state index contributed by atoms with van der Waals surface area (Å²) in [5, 5.41) is 2.92. The summed E-state index contributed by atoms with van der Waals surface area (Å²) >= 11 is 0.